The highest BCUT2D eigenvalue weighted by atomic mass is 32.2. The highest BCUT2D eigenvalue weighted by molar-refractivity contribution is 7.91. The van der Waals surface area contributed by atoms with Crippen LogP contribution < -0.4 is 5.32 Å². The molecular weight excluding hydrogens is 643 g/mol. The summed E-state index contributed by atoms with van der Waals surface area (Å²) in [6.45, 7) is 16.4. The SMILES string of the molecule is COC(=O)c1ccc(C2=CC[C@]3(C)[C@H]4CC[C@@H]5[C@H]6[C@H](N(C)C)CC[C@]6(NCCN6CCS(=O)(=O)CC6)CC[C@@]5(C)[C@]4(C)CC[C@H]3C2(C)C)cc1. The first-order chi connectivity index (χ1) is 23.5. The lowest BCUT2D eigenvalue weighted by Gasteiger charge is -2.72. The fourth-order valence-corrected chi connectivity index (χ4v) is 15.2. The van der Waals surface area contributed by atoms with Crippen molar-refractivity contribution >= 4 is 21.4 Å². The van der Waals surface area contributed by atoms with Crippen LogP contribution in [0.5, 0.6) is 0 Å². The lowest BCUT2D eigenvalue weighted by Crippen LogP contribution is -2.69. The number of esters is 1. The van der Waals surface area contributed by atoms with Gasteiger partial charge in [-0.05, 0) is 140 Å². The summed E-state index contributed by atoms with van der Waals surface area (Å²) in [4.78, 5) is 17.1. The van der Waals surface area contributed by atoms with Gasteiger partial charge in [0, 0.05) is 37.8 Å². The second-order valence-electron chi connectivity index (χ2n) is 19.0. The lowest BCUT2D eigenvalue weighted by molar-refractivity contribution is -0.220. The fraction of sp³-hybridized carbons (Fsp3) is 0.786. The number of nitrogens with one attached hydrogen (secondary N) is 1. The van der Waals surface area contributed by atoms with Crippen LogP contribution in [0.2, 0.25) is 0 Å². The van der Waals surface area contributed by atoms with Gasteiger partial charge < -0.3 is 19.9 Å². The minimum Gasteiger partial charge on any atom is -0.465 e. The summed E-state index contributed by atoms with van der Waals surface area (Å²) < 4.78 is 29.0. The zero-order valence-electron chi connectivity index (χ0n) is 32.3. The highest BCUT2D eigenvalue weighted by Gasteiger charge is 2.70. The maximum atomic E-state index is 12.1. The number of methoxy groups -OCH3 is 1. The molecule has 0 bridgehead atoms. The number of fused-ring (bicyclic) bond motifs is 7. The van der Waals surface area contributed by atoms with Crippen LogP contribution in [0.25, 0.3) is 5.57 Å². The predicted molar refractivity (Wildman–Crippen MR) is 203 cm³/mol. The van der Waals surface area contributed by atoms with Crippen molar-refractivity contribution < 1.29 is 17.9 Å². The molecule has 9 atom stereocenters. The van der Waals surface area contributed by atoms with Gasteiger partial charge >= 0.3 is 5.97 Å². The molecule has 5 fully saturated rings. The molecule has 1 N–H and O–H groups in total. The maximum absolute atomic E-state index is 12.1. The van der Waals surface area contributed by atoms with E-state index in [1.165, 1.54) is 69.6 Å². The third kappa shape index (κ3) is 5.58. The Morgan fingerprint density at radius 1 is 0.900 bits per heavy atom. The van der Waals surface area contributed by atoms with Gasteiger partial charge in [0.15, 0.2) is 9.84 Å². The van der Waals surface area contributed by atoms with Crippen molar-refractivity contribution in [1.82, 2.24) is 15.1 Å². The number of rotatable bonds is 7. The van der Waals surface area contributed by atoms with Gasteiger partial charge in [-0.25, -0.2) is 13.2 Å². The Morgan fingerprint density at radius 2 is 1.60 bits per heavy atom. The average molecular weight is 708 g/mol. The Balaban J connectivity index is 1.14. The standard InChI is InChI=1S/C42H65N3O4S/c1-38(2)31(29-9-11-30(12-10-29)37(46)49-8)15-18-39(3)34(38)17-19-41(5)35(39)14-13-32-36-33(44(6)7)16-20-42(36,22-21-40(32,41)4)43-23-24-45-25-27-50(47,48)28-26-45/h9-12,15,32-36,43H,13-14,16-28H2,1-8H3/t32-,33-,34+,35-,36+,39+,40-,41-,42+/m1/s1. The third-order valence-electron chi connectivity index (χ3n) is 16.6. The van der Waals surface area contributed by atoms with E-state index in [0.29, 0.717) is 70.7 Å². The first kappa shape index (κ1) is 36.6. The summed E-state index contributed by atoms with van der Waals surface area (Å²) in [5.41, 5.74) is 4.38. The largest absolute Gasteiger partial charge is 0.465 e. The van der Waals surface area contributed by atoms with Crippen LogP contribution in [-0.4, -0.2) is 94.7 Å². The normalized spacial score (nSPS) is 42.1. The Hall–Kier alpha value is -1.74. The second-order valence-corrected chi connectivity index (χ2v) is 21.3. The molecule has 7 nitrogen and oxygen atoms in total. The molecule has 5 aliphatic carbocycles. The fourth-order valence-electron chi connectivity index (χ4n) is 13.9. The van der Waals surface area contributed by atoms with Gasteiger partial charge in [0.2, 0.25) is 0 Å². The topological polar surface area (TPSA) is 79.0 Å². The molecule has 1 aromatic carbocycles. The van der Waals surface area contributed by atoms with E-state index in [4.69, 9.17) is 4.74 Å². The van der Waals surface area contributed by atoms with Gasteiger partial charge in [-0.15, -0.1) is 0 Å². The van der Waals surface area contributed by atoms with E-state index in [-0.39, 0.29) is 22.3 Å². The predicted octanol–water partition coefficient (Wildman–Crippen LogP) is 6.93. The van der Waals surface area contributed by atoms with E-state index >= 15 is 0 Å². The van der Waals surface area contributed by atoms with Gasteiger partial charge in [-0.2, -0.15) is 0 Å². The number of hydrogen-bond donors (Lipinski definition) is 1. The Bertz CT molecular complexity index is 1590. The molecule has 0 radical (unpaired) electrons. The van der Waals surface area contributed by atoms with E-state index in [0.717, 1.165) is 19.5 Å². The molecule has 1 aromatic rings. The van der Waals surface area contributed by atoms with E-state index in [9.17, 15) is 13.2 Å². The van der Waals surface area contributed by atoms with E-state index in [2.05, 4.69) is 82.0 Å². The smallest absolute Gasteiger partial charge is 0.337 e. The van der Waals surface area contributed by atoms with Gasteiger partial charge in [0.05, 0.1) is 24.2 Å². The highest BCUT2D eigenvalue weighted by Crippen LogP contribution is 2.76. The lowest BCUT2D eigenvalue weighted by atomic mass is 9.33. The van der Waals surface area contributed by atoms with E-state index < -0.39 is 9.84 Å². The molecule has 0 amide bonds. The van der Waals surface area contributed by atoms with Crippen molar-refractivity contribution in [3.05, 3.63) is 41.5 Å². The van der Waals surface area contributed by atoms with Crippen molar-refractivity contribution in [3.63, 3.8) is 0 Å². The van der Waals surface area contributed by atoms with Crippen molar-refractivity contribution in [2.45, 2.75) is 104 Å². The average Bonchev–Trinajstić information content (AvgIpc) is 3.45. The number of hydrogen-bond acceptors (Lipinski definition) is 7. The molecule has 1 heterocycles. The first-order valence-corrected chi connectivity index (χ1v) is 21.6. The van der Waals surface area contributed by atoms with Gasteiger partial charge in [0.25, 0.3) is 0 Å². The van der Waals surface area contributed by atoms with Crippen molar-refractivity contribution in [1.29, 1.82) is 0 Å². The van der Waals surface area contributed by atoms with Crippen LogP contribution in [0.3, 0.4) is 0 Å². The van der Waals surface area contributed by atoms with Crippen LogP contribution in [-0.2, 0) is 14.6 Å². The Kier molecular flexibility index (Phi) is 9.29. The third-order valence-corrected chi connectivity index (χ3v) is 18.2. The molecule has 4 saturated carbocycles. The number of carbonyl (C=O) groups excluding carboxylic acids is 1. The van der Waals surface area contributed by atoms with Gasteiger partial charge in [0.1, 0.15) is 0 Å². The number of carbonyl (C=O) groups is 1. The molecule has 0 unspecified atom stereocenters. The Labute approximate surface area is 303 Å². The summed E-state index contributed by atoms with van der Waals surface area (Å²) >= 11 is 0. The van der Waals surface area contributed by atoms with Crippen molar-refractivity contribution in [2.24, 2.45) is 45.3 Å². The molecule has 0 aromatic heterocycles. The number of sulfone groups is 1. The minimum atomic E-state index is -2.85. The van der Waals surface area contributed by atoms with Crippen LogP contribution in [0.1, 0.15) is 108 Å². The number of benzene rings is 1. The zero-order chi connectivity index (χ0) is 35.9. The van der Waals surface area contributed by atoms with Crippen LogP contribution in [0.4, 0.5) is 0 Å². The van der Waals surface area contributed by atoms with Gasteiger partial charge in [-0.3, -0.25) is 0 Å². The first-order valence-electron chi connectivity index (χ1n) is 19.7. The van der Waals surface area contributed by atoms with Crippen LogP contribution in [0.15, 0.2) is 30.3 Å². The van der Waals surface area contributed by atoms with Crippen LogP contribution in [0, 0.1) is 45.3 Å². The molecule has 6 aliphatic rings. The monoisotopic (exact) mass is 707 g/mol. The zero-order valence-corrected chi connectivity index (χ0v) is 33.1. The number of nitrogens with zero attached hydrogens (tertiary/aromatic N) is 2. The Morgan fingerprint density at radius 3 is 2.26 bits per heavy atom. The molecule has 1 saturated heterocycles. The summed E-state index contributed by atoms with van der Waals surface area (Å²) in [5.74, 6) is 3.00. The molecular formula is C42H65N3O4S. The van der Waals surface area contributed by atoms with Crippen molar-refractivity contribution in [2.75, 3.05) is 58.9 Å². The van der Waals surface area contributed by atoms with E-state index in [1.807, 2.05) is 12.1 Å². The van der Waals surface area contributed by atoms with E-state index in [1.54, 1.807) is 0 Å². The maximum Gasteiger partial charge on any atom is 0.337 e. The molecule has 0 spiro atoms. The molecule has 1 aliphatic heterocycles. The van der Waals surface area contributed by atoms with Crippen LogP contribution >= 0.6 is 0 Å². The quantitative estimate of drug-likeness (QED) is 0.308. The van der Waals surface area contributed by atoms with Gasteiger partial charge in [-0.1, -0.05) is 52.8 Å². The van der Waals surface area contributed by atoms with Crippen molar-refractivity contribution in [3.8, 4) is 0 Å². The minimum absolute atomic E-state index is 0.0461. The summed E-state index contributed by atoms with van der Waals surface area (Å²) in [7, 11) is 3.22. The molecule has 8 heteroatoms. The molecule has 7 rings (SSSR count). The summed E-state index contributed by atoms with van der Waals surface area (Å²) in [6.07, 6.45) is 14.0. The summed E-state index contributed by atoms with van der Waals surface area (Å²) in [5, 5.41) is 4.23. The second kappa shape index (κ2) is 12.7. The molecule has 278 valence electrons. The number of allylic oxidation sites excluding steroid dienone is 2. The molecule has 50 heavy (non-hydrogen) atoms. The summed E-state index contributed by atoms with van der Waals surface area (Å²) in [6, 6.07) is 8.71. The number of ether oxygens (including phenoxy) is 1.